The Labute approximate surface area is 205 Å². The summed E-state index contributed by atoms with van der Waals surface area (Å²) in [5, 5.41) is 1.12. The van der Waals surface area contributed by atoms with Gasteiger partial charge >= 0.3 is 0 Å². The Morgan fingerprint density at radius 3 is 2.84 bits per heavy atom. The number of rotatable bonds is 10. The van der Waals surface area contributed by atoms with Crippen LogP contribution < -0.4 is 0 Å². The lowest BCUT2D eigenvalue weighted by molar-refractivity contribution is -0.123. The van der Waals surface area contributed by atoms with Gasteiger partial charge < -0.3 is 0 Å². The summed E-state index contributed by atoms with van der Waals surface area (Å²) in [4.78, 5) is 31.5. The number of fused-ring (bicyclic) bond motifs is 1. The number of imidazole rings is 1. The molecule has 3 heterocycles. The van der Waals surface area contributed by atoms with Gasteiger partial charge in [-0.05, 0) is 60.7 Å². The normalized spacial score (nSPS) is 19.3. The van der Waals surface area contributed by atoms with Gasteiger partial charge in [0.2, 0.25) is 0 Å². The van der Waals surface area contributed by atoms with Gasteiger partial charge in [-0.3, -0.25) is 18.9 Å². The highest BCUT2D eigenvalue weighted by atomic mass is 35.5. The zero-order valence-corrected chi connectivity index (χ0v) is 21.0. The van der Waals surface area contributed by atoms with E-state index in [2.05, 4.69) is 28.4 Å². The number of unbranched alkanes of at least 4 members (excludes halogenated alkanes) is 1. The van der Waals surface area contributed by atoms with Crippen molar-refractivity contribution in [3.8, 4) is 0 Å². The van der Waals surface area contributed by atoms with Crippen LogP contribution in [0.4, 0.5) is 4.79 Å². The molecule has 174 valence electrons. The van der Waals surface area contributed by atoms with E-state index in [9.17, 15) is 9.59 Å². The Kier molecular flexibility index (Phi) is 9.56. The third-order valence-electron chi connectivity index (χ3n) is 6.41. The second-order valence-electron chi connectivity index (χ2n) is 8.43. The van der Waals surface area contributed by atoms with E-state index in [0.717, 1.165) is 54.8 Å². The molecule has 0 bridgehead atoms. The monoisotopic (exact) mass is 493 g/mol. The van der Waals surface area contributed by atoms with Gasteiger partial charge in [-0.2, -0.15) is 0 Å². The van der Waals surface area contributed by atoms with Gasteiger partial charge in [0.05, 0.1) is 9.93 Å². The van der Waals surface area contributed by atoms with E-state index in [4.69, 9.17) is 0 Å². The second-order valence-corrected chi connectivity index (χ2v) is 10.5. The van der Waals surface area contributed by atoms with Gasteiger partial charge in [0.1, 0.15) is 5.65 Å². The number of hydrogen-bond acceptors (Lipinski definition) is 5. The Morgan fingerprint density at radius 2 is 2.06 bits per heavy atom. The van der Waals surface area contributed by atoms with Crippen LogP contribution in [-0.4, -0.2) is 37.7 Å². The predicted octanol–water partition coefficient (Wildman–Crippen LogP) is 6.81. The number of carbonyl (C=O) groups excluding carboxylic acids is 2. The maximum atomic E-state index is 12.7. The molecule has 1 saturated carbocycles. The molecule has 0 spiro atoms. The maximum Gasteiger partial charge on any atom is 0.293 e. The number of hydrogen-bond donors (Lipinski definition) is 0. The van der Waals surface area contributed by atoms with Crippen molar-refractivity contribution in [3.63, 3.8) is 0 Å². The van der Waals surface area contributed by atoms with Crippen molar-refractivity contribution in [2.45, 2.75) is 63.3 Å². The Hall–Kier alpha value is -1.44. The predicted molar refractivity (Wildman–Crippen MR) is 136 cm³/mol. The summed E-state index contributed by atoms with van der Waals surface area (Å²) in [6.45, 7) is 2.63. The molecule has 1 aliphatic carbocycles. The number of imide groups is 1. The van der Waals surface area contributed by atoms with Crippen LogP contribution in [0.15, 0.2) is 46.6 Å². The molecule has 1 atom stereocenters. The molecule has 32 heavy (non-hydrogen) atoms. The number of nitrogens with zero attached hydrogens (tertiary/aromatic N) is 3. The van der Waals surface area contributed by atoms with Crippen LogP contribution in [-0.2, 0) is 4.79 Å². The van der Waals surface area contributed by atoms with Gasteiger partial charge in [0.15, 0.2) is 0 Å². The van der Waals surface area contributed by atoms with E-state index in [0.29, 0.717) is 17.4 Å². The van der Waals surface area contributed by atoms with Gasteiger partial charge in [-0.25, -0.2) is 4.98 Å². The molecule has 4 rings (SSSR count). The van der Waals surface area contributed by atoms with Crippen LogP contribution in [0.25, 0.3) is 5.65 Å². The number of aromatic nitrogens is 2. The standard InChI is InChI=1S/C24H31N3O2S2.ClH/c1-2-3-9-20-23(28)27(24(29)31-20)15-12-19(18-7-4-5-8-18)13-17-30-22-11-6-10-21-25-14-16-26(21)22;/h6,9-11,14,16,18-19H,2-5,7-8,12-13,15,17H2,1H3;1H. The van der Waals surface area contributed by atoms with E-state index in [1.165, 1.54) is 35.6 Å². The third-order valence-corrected chi connectivity index (χ3v) is 8.44. The highest BCUT2D eigenvalue weighted by molar-refractivity contribution is 8.18. The van der Waals surface area contributed by atoms with Gasteiger partial charge in [-0.15, -0.1) is 24.2 Å². The summed E-state index contributed by atoms with van der Waals surface area (Å²) in [5.41, 5.74) is 0.979. The van der Waals surface area contributed by atoms with Crippen molar-refractivity contribution in [1.29, 1.82) is 0 Å². The van der Waals surface area contributed by atoms with Crippen LogP contribution >= 0.6 is 35.9 Å². The van der Waals surface area contributed by atoms with E-state index >= 15 is 0 Å². The smallest absolute Gasteiger partial charge is 0.293 e. The fourth-order valence-electron chi connectivity index (χ4n) is 4.70. The molecular weight excluding hydrogens is 462 g/mol. The lowest BCUT2D eigenvalue weighted by atomic mass is 9.86. The van der Waals surface area contributed by atoms with Gasteiger partial charge in [0, 0.05) is 18.9 Å². The lowest BCUT2D eigenvalue weighted by Gasteiger charge is -2.25. The molecule has 1 aliphatic heterocycles. The summed E-state index contributed by atoms with van der Waals surface area (Å²) >= 11 is 2.98. The minimum absolute atomic E-state index is 0. The molecule has 5 nitrogen and oxygen atoms in total. The molecule has 2 amide bonds. The van der Waals surface area contributed by atoms with Crippen LogP contribution in [0, 0.1) is 11.8 Å². The molecule has 0 aromatic carbocycles. The highest BCUT2D eigenvalue weighted by Gasteiger charge is 2.35. The van der Waals surface area contributed by atoms with Crippen molar-refractivity contribution >= 4 is 52.7 Å². The first kappa shape index (κ1) is 25.2. The van der Waals surface area contributed by atoms with Crippen LogP contribution in [0.1, 0.15) is 58.3 Å². The van der Waals surface area contributed by atoms with Crippen molar-refractivity contribution < 1.29 is 9.59 Å². The Bertz CT molecular complexity index is 956. The zero-order valence-electron chi connectivity index (χ0n) is 18.6. The average molecular weight is 494 g/mol. The topological polar surface area (TPSA) is 54.7 Å². The first-order chi connectivity index (χ1) is 15.2. The summed E-state index contributed by atoms with van der Waals surface area (Å²) in [6.07, 6.45) is 14.8. The lowest BCUT2D eigenvalue weighted by Crippen LogP contribution is -2.31. The van der Waals surface area contributed by atoms with Crippen molar-refractivity contribution in [2.24, 2.45) is 11.8 Å². The SMILES string of the molecule is CCCC=C1SC(=O)N(CCC(CCSc2cccc3nccn23)C2CCCC2)C1=O.Cl. The summed E-state index contributed by atoms with van der Waals surface area (Å²) in [5.74, 6) is 2.23. The number of halogens is 1. The number of thioether (sulfide) groups is 2. The zero-order chi connectivity index (χ0) is 21.6. The van der Waals surface area contributed by atoms with Gasteiger partial charge in [0.25, 0.3) is 11.1 Å². The van der Waals surface area contributed by atoms with Crippen LogP contribution in [0.2, 0.25) is 0 Å². The molecule has 2 aliphatic rings. The van der Waals surface area contributed by atoms with E-state index in [-0.39, 0.29) is 23.6 Å². The van der Waals surface area contributed by atoms with Gasteiger partial charge in [-0.1, -0.05) is 51.2 Å². The van der Waals surface area contributed by atoms with Crippen molar-refractivity contribution in [2.75, 3.05) is 12.3 Å². The molecule has 0 radical (unpaired) electrons. The Balaban J connectivity index is 0.00000289. The third kappa shape index (κ3) is 5.91. The van der Waals surface area contributed by atoms with Crippen molar-refractivity contribution in [1.82, 2.24) is 14.3 Å². The first-order valence-electron chi connectivity index (χ1n) is 11.5. The first-order valence-corrected chi connectivity index (χ1v) is 13.3. The summed E-state index contributed by atoms with van der Waals surface area (Å²) in [7, 11) is 0. The summed E-state index contributed by atoms with van der Waals surface area (Å²) < 4.78 is 2.14. The minimum Gasteiger partial charge on any atom is -0.294 e. The number of carbonyl (C=O) groups is 2. The van der Waals surface area contributed by atoms with Crippen LogP contribution in [0.5, 0.6) is 0 Å². The Morgan fingerprint density at radius 1 is 1.25 bits per heavy atom. The number of allylic oxidation sites excluding steroid dienone is 1. The molecule has 2 aromatic rings. The maximum absolute atomic E-state index is 12.7. The largest absolute Gasteiger partial charge is 0.294 e. The highest BCUT2D eigenvalue weighted by Crippen LogP contribution is 2.38. The number of pyridine rings is 1. The molecule has 1 unspecified atom stereocenters. The number of amides is 2. The molecule has 8 heteroatoms. The van der Waals surface area contributed by atoms with E-state index in [1.807, 2.05) is 36.3 Å². The fraction of sp³-hybridized carbons (Fsp3) is 0.542. The molecule has 1 saturated heterocycles. The summed E-state index contributed by atoms with van der Waals surface area (Å²) in [6, 6.07) is 6.23. The van der Waals surface area contributed by atoms with Crippen LogP contribution in [0.3, 0.4) is 0 Å². The minimum atomic E-state index is -0.0984. The second kappa shape index (κ2) is 12.1. The molecule has 2 aromatic heterocycles. The van der Waals surface area contributed by atoms with E-state index in [1.54, 1.807) is 0 Å². The molecule has 2 fully saturated rings. The molecule has 0 N–H and O–H groups in total. The average Bonchev–Trinajstić information content (AvgIpc) is 3.51. The fourth-order valence-corrected chi connectivity index (χ4v) is 6.67. The van der Waals surface area contributed by atoms with E-state index < -0.39 is 0 Å². The molecular formula is C24H32ClN3O2S2. The van der Waals surface area contributed by atoms with Crippen molar-refractivity contribution in [3.05, 3.63) is 41.6 Å². The quantitative estimate of drug-likeness (QED) is 0.268.